The van der Waals surface area contributed by atoms with Gasteiger partial charge in [0.15, 0.2) is 0 Å². The highest BCUT2D eigenvalue weighted by Crippen LogP contribution is 2.30. The molecule has 3 rings (SSSR count). The number of nitrogens with two attached hydrogens (primary N) is 1. The summed E-state index contributed by atoms with van der Waals surface area (Å²) in [7, 11) is 0. The Morgan fingerprint density at radius 2 is 1.95 bits per heavy atom. The average molecular weight is 266 g/mol. The fourth-order valence-electron chi connectivity index (χ4n) is 2.14. The molecule has 5 nitrogen and oxygen atoms in total. The van der Waals surface area contributed by atoms with Gasteiger partial charge >= 0.3 is 0 Å². The summed E-state index contributed by atoms with van der Waals surface area (Å²) >= 11 is 0. The predicted molar refractivity (Wildman–Crippen MR) is 76.9 cm³/mol. The zero-order valence-electron chi connectivity index (χ0n) is 11.3. The van der Waals surface area contributed by atoms with Gasteiger partial charge in [0.2, 0.25) is 5.82 Å². The summed E-state index contributed by atoms with van der Waals surface area (Å²) in [6.07, 6.45) is 3.48. The van der Waals surface area contributed by atoms with E-state index in [1.54, 1.807) is 12.4 Å². The third kappa shape index (κ3) is 2.03. The van der Waals surface area contributed by atoms with Crippen LogP contribution in [0.1, 0.15) is 11.1 Å². The molecule has 2 aromatic heterocycles. The van der Waals surface area contributed by atoms with Crippen molar-refractivity contribution >= 4 is 5.69 Å². The molecule has 0 fully saturated rings. The minimum absolute atomic E-state index is 0.437. The van der Waals surface area contributed by atoms with Gasteiger partial charge < -0.3 is 10.3 Å². The van der Waals surface area contributed by atoms with Crippen molar-refractivity contribution < 1.29 is 4.52 Å². The minimum Gasteiger partial charge on any atom is -0.398 e. The average Bonchev–Trinajstić information content (AvgIpc) is 2.88. The summed E-state index contributed by atoms with van der Waals surface area (Å²) < 4.78 is 5.36. The maximum absolute atomic E-state index is 5.99. The van der Waals surface area contributed by atoms with Crippen LogP contribution in [0, 0.1) is 13.8 Å². The molecule has 0 radical (unpaired) electrons. The first-order chi connectivity index (χ1) is 9.66. The smallest absolute Gasteiger partial charge is 0.260 e. The van der Waals surface area contributed by atoms with E-state index in [0.717, 1.165) is 22.3 Å². The topological polar surface area (TPSA) is 77.8 Å². The van der Waals surface area contributed by atoms with Crippen molar-refractivity contribution in [2.45, 2.75) is 13.8 Å². The quantitative estimate of drug-likeness (QED) is 0.721. The number of rotatable bonds is 2. The molecule has 100 valence electrons. The lowest BCUT2D eigenvalue weighted by atomic mass is 10.1. The fourth-order valence-corrected chi connectivity index (χ4v) is 2.14. The predicted octanol–water partition coefficient (Wildman–Crippen LogP) is 3.00. The van der Waals surface area contributed by atoms with E-state index >= 15 is 0 Å². The second-order valence-electron chi connectivity index (χ2n) is 4.65. The fraction of sp³-hybridized carbons (Fsp3) is 0.133. The first kappa shape index (κ1) is 12.3. The molecule has 0 spiro atoms. The lowest BCUT2D eigenvalue weighted by Gasteiger charge is -2.03. The van der Waals surface area contributed by atoms with Crippen molar-refractivity contribution in [2.24, 2.45) is 0 Å². The van der Waals surface area contributed by atoms with Crippen LogP contribution in [-0.2, 0) is 0 Å². The molecule has 0 amide bonds. The molecular weight excluding hydrogens is 252 g/mol. The number of aryl methyl sites for hydroxylation is 2. The van der Waals surface area contributed by atoms with Gasteiger partial charge in [-0.05, 0) is 37.1 Å². The van der Waals surface area contributed by atoms with E-state index < -0.39 is 0 Å². The summed E-state index contributed by atoms with van der Waals surface area (Å²) in [4.78, 5) is 8.51. The van der Waals surface area contributed by atoms with Crippen molar-refractivity contribution in [1.29, 1.82) is 0 Å². The number of aromatic nitrogens is 3. The summed E-state index contributed by atoms with van der Waals surface area (Å²) in [5, 5.41) is 4.04. The first-order valence-corrected chi connectivity index (χ1v) is 6.27. The molecule has 3 aromatic rings. The normalized spacial score (nSPS) is 10.7. The van der Waals surface area contributed by atoms with E-state index in [4.69, 9.17) is 10.3 Å². The maximum atomic E-state index is 5.99. The lowest BCUT2D eigenvalue weighted by molar-refractivity contribution is 0.432. The molecule has 0 unspecified atom stereocenters. The number of pyridine rings is 1. The molecule has 1 aromatic carbocycles. The summed E-state index contributed by atoms with van der Waals surface area (Å²) in [6, 6.07) is 7.56. The van der Waals surface area contributed by atoms with Crippen molar-refractivity contribution in [3.63, 3.8) is 0 Å². The number of nitrogen functional groups attached to an aromatic ring is 1. The Morgan fingerprint density at radius 1 is 1.10 bits per heavy atom. The van der Waals surface area contributed by atoms with Gasteiger partial charge in [0.05, 0.1) is 5.56 Å². The maximum Gasteiger partial charge on any atom is 0.260 e. The number of anilines is 1. The van der Waals surface area contributed by atoms with Gasteiger partial charge in [-0.3, -0.25) is 4.98 Å². The Bertz CT molecular complexity index is 744. The number of hydrogen-bond donors (Lipinski definition) is 1. The van der Waals surface area contributed by atoms with E-state index in [2.05, 4.69) is 15.1 Å². The number of benzene rings is 1. The van der Waals surface area contributed by atoms with Gasteiger partial charge in [0.1, 0.15) is 0 Å². The van der Waals surface area contributed by atoms with Crippen molar-refractivity contribution in [3.8, 4) is 22.8 Å². The van der Waals surface area contributed by atoms with Gasteiger partial charge in [-0.1, -0.05) is 17.3 Å². The van der Waals surface area contributed by atoms with Gasteiger partial charge in [0.25, 0.3) is 5.89 Å². The third-order valence-electron chi connectivity index (χ3n) is 3.21. The van der Waals surface area contributed by atoms with Crippen molar-refractivity contribution in [2.75, 3.05) is 5.73 Å². The van der Waals surface area contributed by atoms with Crippen molar-refractivity contribution in [3.05, 3.63) is 47.8 Å². The molecule has 5 heteroatoms. The molecular formula is C15H14N4O. The standard InChI is InChI=1S/C15H14N4O/c1-9-4-3-5-12(16)13(9)15-18-14(19-20-15)11-6-7-17-8-10(11)2/h3-8H,16H2,1-2H3. The highest BCUT2D eigenvalue weighted by atomic mass is 16.5. The first-order valence-electron chi connectivity index (χ1n) is 6.27. The second kappa shape index (κ2) is 4.77. The highest BCUT2D eigenvalue weighted by molar-refractivity contribution is 5.74. The molecule has 2 heterocycles. The van der Waals surface area contributed by atoms with Crippen LogP contribution in [0.5, 0.6) is 0 Å². The van der Waals surface area contributed by atoms with Crippen LogP contribution in [-0.4, -0.2) is 15.1 Å². The van der Waals surface area contributed by atoms with Gasteiger partial charge in [-0.2, -0.15) is 4.98 Å². The molecule has 0 aliphatic carbocycles. The molecule has 0 aliphatic rings. The molecule has 0 aliphatic heterocycles. The Balaban J connectivity index is 2.10. The molecule has 0 atom stereocenters. The summed E-state index contributed by atoms with van der Waals surface area (Å²) in [6.45, 7) is 3.92. The van der Waals surface area contributed by atoms with Crippen LogP contribution in [0.25, 0.3) is 22.8 Å². The van der Waals surface area contributed by atoms with E-state index in [1.165, 1.54) is 0 Å². The Kier molecular flexibility index (Phi) is 2.95. The van der Waals surface area contributed by atoms with E-state index in [-0.39, 0.29) is 0 Å². The monoisotopic (exact) mass is 266 g/mol. The van der Waals surface area contributed by atoms with Crippen molar-refractivity contribution in [1.82, 2.24) is 15.1 Å². The van der Waals surface area contributed by atoms with E-state index in [9.17, 15) is 0 Å². The minimum atomic E-state index is 0.437. The van der Waals surface area contributed by atoms with Crippen LogP contribution >= 0.6 is 0 Å². The SMILES string of the molecule is Cc1cnccc1-c1noc(-c2c(C)cccc2N)n1. The van der Waals surface area contributed by atoms with Crippen LogP contribution in [0.15, 0.2) is 41.2 Å². The highest BCUT2D eigenvalue weighted by Gasteiger charge is 2.15. The summed E-state index contributed by atoms with van der Waals surface area (Å²) in [5.41, 5.74) is 10.3. The van der Waals surface area contributed by atoms with Crippen LogP contribution in [0.3, 0.4) is 0 Å². The summed E-state index contributed by atoms with van der Waals surface area (Å²) in [5.74, 6) is 0.981. The van der Waals surface area contributed by atoms with Gasteiger partial charge in [0, 0.05) is 23.6 Å². The molecule has 0 bridgehead atoms. The van der Waals surface area contributed by atoms with Gasteiger partial charge in [-0.15, -0.1) is 0 Å². The Hall–Kier alpha value is -2.69. The van der Waals surface area contributed by atoms with Gasteiger partial charge in [-0.25, -0.2) is 0 Å². The molecule has 0 saturated carbocycles. The third-order valence-corrected chi connectivity index (χ3v) is 3.21. The van der Waals surface area contributed by atoms with E-state index in [0.29, 0.717) is 17.4 Å². The van der Waals surface area contributed by atoms with Crippen LogP contribution in [0.2, 0.25) is 0 Å². The van der Waals surface area contributed by atoms with Crippen LogP contribution < -0.4 is 5.73 Å². The van der Waals surface area contributed by atoms with Crippen LogP contribution in [0.4, 0.5) is 5.69 Å². The van der Waals surface area contributed by atoms with E-state index in [1.807, 2.05) is 38.1 Å². The molecule has 0 saturated heterocycles. The number of nitrogens with zero attached hydrogens (tertiary/aromatic N) is 3. The number of hydrogen-bond acceptors (Lipinski definition) is 5. The molecule has 2 N–H and O–H groups in total. The Labute approximate surface area is 116 Å². The second-order valence-corrected chi connectivity index (χ2v) is 4.65. The Morgan fingerprint density at radius 3 is 2.70 bits per heavy atom. The largest absolute Gasteiger partial charge is 0.398 e. The zero-order valence-corrected chi connectivity index (χ0v) is 11.3. The lowest BCUT2D eigenvalue weighted by Crippen LogP contribution is -1.93. The molecule has 20 heavy (non-hydrogen) atoms. The zero-order chi connectivity index (χ0) is 14.1.